The molecule has 218 valence electrons. The van der Waals surface area contributed by atoms with E-state index in [0.29, 0.717) is 23.8 Å². The lowest BCUT2D eigenvalue weighted by Crippen LogP contribution is -2.28. The van der Waals surface area contributed by atoms with E-state index >= 15 is 0 Å². The van der Waals surface area contributed by atoms with Crippen molar-refractivity contribution in [2.45, 2.75) is 66.0 Å². The molecule has 41 heavy (non-hydrogen) atoms. The molecule has 1 aromatic heterocycles. The highest BCUT2D eigenvalue weighted by Gasteiger charge is 2.24. The molecule has 4 rings (SSSR count). The van der Waals surface area contributed by atoms with Crippen LogP contribution in [0.5, 0.6) is 0 Å². The maximum Gasteiger partial charge on any atom is 0.233 e. The molecule has 7 nitrogen and oxygen atoms in total. The third kappa shape index (κ3) is 8.53. The number of nitrogens with zero attached hydrogens (tertiary/aromatic N) is 5. The first-order valence-corrected chi connectivity index (χ1v) is 15.5. The number of aryl methyl sites for hydroxylation is 1. The van der Waals surface area contributed by atoms with Crippen LogP contribution in [0.1, 0.15) is 63.3 Å². The van der Waals surface area contributed by atoms with Gasteiger partial charge in [-0.2, -0.15) is 15.0 Å². The van der Waals surface area contributed by atoms with E-state index in [1.807, 2.05) is 7.05 Å². The van der Waals surface area contributed by atoms with Crippen LogP contribution < -0.4 is 15.5 Å². The Kier molecular flexibility index (Phi) is 10.1. The van der Waals surface area contributed by atoms with Crippen LogP contribution in [-0.2, 0) is 12.0 Å². The quantitative estimate of drug-likeness (QED) is 0.171. The summed E-state index contributed by atoms with van der Waals surface area (Å²) >= 11 is 2.25. The number of benzene rings is 2. The predicted molar refractivity (Wildman–Crippen MR) is 181 cm³/mol. The summed E-state index contributed by atoms with van der Waals surface area (Å²) in [7, 11) is 2.04. The zero-order valence-corrected chi connectivity index (χ0v) is 27.7. The molecule has 3 aromatic rings. The molecule has 0 saturated carbocycles. The Hall–Kier alpha value is -2.94. The zero-order valence-electron chi connectivity index (χ0n) is 25.6. The van der Waals surface area contributed by atoms with Crippen LogP contribution in [0.2, 0.25) is 0 Å². The molecule has 1 aliphatic rings. The minimum atomic E-state index is 0.171. The molecule has 2 heterocycles. The highest BCUT2D eigenvalue weighted by Crippen LogP contribution is 2.28. The van der Waals surface area contributed by atoms with Gasteiger partial charge in [0.15, 0.2) is 0 Å². The molecular formula is C33H44IN7. The second-order valence-corrected chi connectivity index (χ2v) is 13.6. The molecule has 2 aromatic carbocycles. The Morgan fingerprint density at radius 3 is 2.49 bits per heavy atom. The van der Waals surface area contributed by atoms with E-state index in [0.717, 1.165) is 53.0 Å². The maximum atomic E-state index is 4.83. The van der Waals surface area contributed by atoms with E-state index in [1.165, 1.54) is 11.1 Å². The zero-order chi connectivity index (χ0) is 29.7. The lowest BCUT2D eigenvalue weighted by molar-refractivity contribution is 0.328. The molecule has 1 saturated heterocycles. The lowest BCUT2D eigenvalue weighted by atomic mass is 9.87. The maximum absolute atomic E-state index is 4.83. The fourth-order valence-corrected chi connectivity index (χ4v) is 5.38. The van der Waals surface area contributed by atoms with Crippen molar-refractivity contribution in [1.82, 2.24) is 19.9 Å². The van der Waals surface area contributed by atoms with E-state index < -0.39 is 0 Å². The van der Waals surface area contributed by atoms with E-state index in [4.69, 9.17) is 15.0 Å². The highest BCUT2D eigenvalue weighted by molar-refractivity contribution is 14.1. The standard InChI is InChI=1S/C33H44IN7/c1-9-28(34)25-13-10-23(4)29(18-25)36-31-37-30(38-32(39-31)40(8)19-22(2)3)35-27-16-17-41(21-27)20-24-11-14-26(15-12-24)33(5,6)7/h10-15,18,22,27H,1,16-17,19-21H2,2-8H3,(H2,35,36,37,38,39)/t27-/m0/s1. The molecule has 8 heteroatoms. The summed E-state index contributed by atoms with van der Waals surface area (Å²) in [6.45, 7) is 20.8. The molecule has 0 amide bonds. The first kappa shape index (κ1) is 31.0. The molecule has 0 radical (unpaired) electrons. The van der Waals surface area contributed by atoms with Crippen molar-refractivity contribution in [1.29, 1.82) is 0 Å². The van der Waals surface area contributed by atoms with Gasteiger partial charge in [0.25, 0.3) is 0 Å². The third-order valence-corrected chi connectivity index (χ3v) is 8.33. The van der Waals surface area contributed by atoms with Crippen molar-refractivity contribution in [2.75, 3.05) is 42.2 Å². The number of hydrogen-bond donors (Lipinski definition) is 2. The predicted octanol–water partition coefficient (Wildman–Crippen LogP) is 7.56. The molecule has 0 unspecified atom stereocenters. The van der Waals surface area contributed by atoms with Gasteiger partial charge >= 0.3 is 0 Å². The monoisotopic (exact) mass is 665 g/mol. The van der Waals surface area contributed by atoms with Crippen LogP contribution in [-0.4, -0.2) is 52.6 Å². The largest absolute Gasteiger partial charge is 0.350 e. The van der Waals surface area contributed by atoms with E-state index in [9.17, 15) is 0 Å². The molecule has 1 aliphatic heterocycles. The fraction of sp³-hybridized carbons (Fsp3) is 0.455. The molecule has 0 aliphatic carbocycles. The summed E-state index contributed by atoms with van der Waals surface area (Å²) in [5.41, 5.74) is 8.97. The van der Waals surface area contributed by atoms with Gasteiger partial charge in [-0.05, 0) is 75.6 Å². The SMILES string of the molecule is C=C=C(I)c1ccc(C)c(Nc2nc(N[C@H]3CCN(Cc4ccc(C(C)(C)C)cc4)C3)nc(N(C)CC(C)C)n2)c1. The van der Waals surface area contributed by atoms with Crippen molar-refractivity contribution in [3.63, 3.8) is 0 Å². The van der Waals surface area contributed by atoms with Crippen molar-refractivity contribution in [3.8, 4) is 0 Å². The van der Waals surface area contributed by atoms with Gasteiger partial charge in [-0.1, -0.05) is 77.6 Å². The average molecular weight is 666 g/mol. The summed E-state index contributed by atoms with van der Waals surface area (Å²) in [5.74, 6) is 2.27. The van der Waals surface area contributed by atoms with Crippen LogP contribution in [0.3, 0.4) is 0 Å². The lowest BCUT2D eigenvalue weighted by Gasteiger charge is -2.22. The normalized spacial score (nSPS) is 15.6. The van der Waals surface area contributed by atoms with Gasteiger partial charge in [-0.25, -0.2) is 0 Å². The number of hydrogen-bond acceptors (Lipinski definition) is 7. The number of anilines is 4. The molecule has 1 atom stereocenters. The Labute approximate surface area is 259 Å². The minimum absolute atomic E-state index is 0.171. The average Bonchev–Trinajstić information content (AvgIpc) is 3.35. The topological polar surface area (TPSA) is 69.2 Å². The van der Waals surface area contributed by atoms with Crippen molar-refractivity contribution in [3.05, 3.63) is 77.0 Å². The van der Waals surface area contributed by atoms with Gasteiger partial charge in [-0.3, -0.25) is 4.90 Å². The molecule has 1 fully saturated rings. The summed E-state index contributed by atoms with van der Waals surface area (Å²) in [6.07, 6.45) is 1.04. The first-order chi connectivity index (χ1) is 19.4. The van der Waals surface area contributed by atoms with Crippen LogP contribution in [0.15, 0.2) is 54.8 Å². The highest BCUT2D eigenvalue weighted by atomic mass is 127. The first-order valence-electron chi connectivity index (χ1n) is 14.4. The van der Waals surface area contributed by atoms with Crippen molar-refractivity contribution >= 4 is 49.7 Å². The van der Waals surface area contributed by atoms with Crippen LogP contribution in [0.4, 0.5) is 23.5 Å². The molecular weight excluding hydrogens is 621 g/mol. The van der Waals surface area contributed by atoms with Crippen LogP contribution in [0.25, 0.3) is 3.58 Å². The second-order valence-electron chi connectivity index (χ2n) is 12.5. The Morgan fingerprint density at radius 1 is 1.12 bits per heavy atom. The van der Waals surface area contributed by atoms with Crippen molar-refractivity contribution in [2.24, 2.45) is 5.92 Å². The number of halogens is 1. The number of rotatable bonds is 10. The summed E-state index contributed by atoms with van der Waals surface area (Å²) in [4.78, 5) is 19.0. The fourth-order valence-electron chi connectivity index (χ4n) is 5.05. The van der Waals surface area contributed by atoms with E-state index in [-0.39, 0.29) is 11.5 Å². The Bertz CT molecular complexity index is 1390. The van der Waals surface area contributed by atoms with Crippen LogP contribution >= 0.6 is 22.6 Å². The number of aromatic nitrogens is 3. The number of likely N-dealkylation sites (tertiary alicyclic amines) is 1. The van der Waals surface area contributed by atoms with Crippen LogP contribution in [0, 0.1) is 12.8 Å². The summed E-state index contributed by atoms with van der Waals surface area (Å²) < 4.78 is 0.969. The third-order valence-electron chi connectivity index (χ3n) is 7.33. The van der Waals surface area contributed by atoms with Gasteiger partial charge in [-0.15, -0.1) is 5.73 Å². The second kappa shape index (κ2) is 13.4. The Balaban J connectivity index is 1.50. The van der Waals surface area contributed by atoms with E-state index in [1.54, 1.807) is 0 Å². The molecule has 2 N–H and O–H groups in total. The smallest absolute Gasteiger partial charge is 0.233 e. The molecule has 0 spiro atoms. The molecule has 0 bridgehead atoms. The van der Waals surface area contributed by atoms with Gasteiger partial charge < -0.3 is 15.5 Å². The number of nitrogens with one attached hydrogen (secondary N) is 2. The van der Waals surface area contributed by atoms with Crippen molar-refractivity contribution < 1.29 is 0 Å². The summed E-state index contributed by atoms with van der Waals surface area (Å²) in [6, 6.07) is 15.6. The van der Waals surface area contributed by atoms with Gasteiger partial charge in [0.1, 0.15) is 0 Å². The van der Waals surface area contributed by atoms with E-state index in [2.05, 4.69) is 139 Å². The van der Waals surface area contributed by atoms with Gasteiger partial charge in [0, 0.05) is 45.0 Å². The van der Waals surface area contributed by atoms with Gasteiger partial charge in [0.2, 0.25) is 17.8 Å². The Morgan fingerprint density at radius 2 is 1.83 bits per heavy atom. The minimum Gasteiger partial charge on any atom is -0.350 e. The summed E-state index contributed by atoms with van der Waals surface area (Å²) in [5, 5.41) is 7.08. The van der Waals surface area contributed by atoms with Gasteiger partial charge in [0.05, 0.1) is 3.58 Å².